The lowest BCUT2D eigenvalue weighted by atomic mass is 10.1. The average Bonchev–Trinajstić information content (AvgIpc) is 2.68. The molecule has 2 heterocycles. The van der Waals surface area contributed by atoms with Crippen molar-refractivity contribution in [3.8, 4) is 0 Å². The van der Waals surface area contributed by atoms with Crippen LogP contribution < -0.4 is 5.32 Å². The van der Waals surface area contributed by atoms with Crippen molar-refractivity contribution in [3.05, 3.63) is 29.2 Å². The van der Waals surface area contributed by atoms with Gasteiger partial charge in [0.2, 0.25) is 0 Å². The van der Waals surface area contributed by atoms with Gasteiger partial charge in [0, 0.05) is 29.6 Å². The molecule has 2 aromatic rings. The summed E-state index contributed by atoms with van der Waals surface area (Å²) >= 11 is 0. The fourth-order valence-electron chi connectivity index (χ4n) is 2.12. The molecule has 0 aromatic carbocycles. The summed E-state index contributed by atoms with van der Waals surface area (Å²) in [6, 6.07) is 2.30. The third-order valence-electron chi connectivity index (χ3n) is 3.18. The number of aryl methyl sites for hydroxylation is 2. The molecule has 18 heavy (non-hydrogen) atoms. The Hall–Kier alpha value is -1.42. The number of hydrogen-bond acceptors (Lipinski definition) is 3. The van der Waals surface area contributed by atoms with Gasteiger partial charge in [0.25, 0.3) is 0 Å². The van der Waals surface area contributed by atoms with Gasteiger partial charge in [-0.3, -0.25) is 0 Å². The molecule has 4 nitrogen and oxygen atoms in total. The normalized spacial score (nSPS) is 13.4. The van der Waals surface area contributed by atoms with E-state index in [1.807, 2.05) is 23.7 Å². The Kier molecular flexibility index (Phi) is 3.66. The molecule has 0 aliphatic rings. The second-order valence-corrected chi connectivity index (χ2v) is 5.38. The maximum Gasteiger partial charge on any atom is 0.155 e. The van der Waals surface area contributed by atoms with Crippen LogP contribution in [0.1, 0.15) is 43.8 Å². The largest absolute Gasteiger partial charge is 0.310 e. The van der Waals surface area contributed by atoms with Crippen molar-refractivity contribution in [1.82, 2.24) is 19.9 Å². The third-order valence-corrected chi connectivity index (χ3v) is 3.18. The molecule has 1 unspecified atom stereocenters. The predicted molar refractivity (Wildman–Crippen MR) is 73.7 cm³/mol. The number of hydrogen-bond donors (Lipinski definition) is 1. The highest BCUT2D eigenvalue weighted by atomic mass is 15.3. The molecule has 0 aliphatic heterocycles. The maximum absolute atomic E-state index is 4.48. The minimum absolute atomic E-state index is 0.300. The van der Waals surface area contributed by atoms with Gasteiger partial charge in [0.05, 0.1) is 5.69 Å². The van der Waals surface area contributed by atoms with Crippen LogP contribution in [0.4, 0.5) is 0 Å². The van der Waals surface area contributed by atoms with Crippen LogP contribution >= 0.6 is 0 Å². The zero-order chi connectivity index (χ0) is 13.3. The summed E-state index contributed by atoms with van der Waals surface area (Å²) in [5, 5.41) is 8.01. The molecule has 0 bridgehead atoms. The smallest absolute Gasteiger partial charge is 0.155 e. The Labute approximate surface area is 108 Å². The van der Waals surface area contributed by atoms with Crippen molar-refractivity contribution in [2.75, 3.05) is 6.54 Å². The highest BCUT2D eigenvalue weighted by molar-refractivity contribution is 5.42. The SMILES string of the molecule is Cc1cc2ncc(C(C)NCC(C)C)c(C)n2n1. The molecule has 0 radical (unpaired) electrons. The zero-order valence-electron chi connectivity index (χ0n) is 11.9. The van der Waals surface area contributed by atoms with Crippen LogP contribution in [0, 0.1) is 19.8 Å². The monoisotopic (exact) mass is 246 g/mol. The first-order chi connectivity index (χ1) is 8.49. The van der Waals surface area contributed by atoms with Crippen molar-refractivity contribution in [2.45, 2.75) is 40.7 Å². The number of nitrogens with zero attached hydrogens (tertiary/aromatic N) is 3. The molecule has 2 aromatic heterocycles. The maximum atomic E-state index is 4.48. The Morgan fingerprint density at radius 3 is 2.67 bits per heavy atom. The lowest BCUT2D eigenvalue weighted by Gasteiger charge is -2.17. The topological polar surface area (TPSA) is 42.2 Å². The van der Waals surface area contributed by atoms with E-state index >= 15 is 0 Å². The summed E-state index contributed by atoms with van der Waals surface area (Å²) in [5.41, 5.74) is 4.30. The van der Waals surface area contributed by atoms with Gasteiger partial charge in [-0.2, -0.15) is 5.10 Å². The van der Waals surface area contributed by atoms with E-state index in [0.717, 1.165) is 23.6 Å². The van der Waals surface area contributed by atoms with Crippen LogP contribution in [-0.4, -0.2) is 21.1 Å². The van der Waals surface area contributed by atoms with E-state index in [1.54, 1.807) is 0 Å². The Balaban J connectivity index is 2.30. The fourth-order valence-corrected chi connectivity index (χ4v) is 2.12. The van der Waals surface area contributed by atoms with E-state index in [-0.39, 0.29) is 0 Å². The fraction of sp³-hybridized carbons (Fsp3) is 0.571. The molecule has 0 saturated heterocycles. The lowest BCUT2D eigenvalue weighted by molar-refractivity contribution is 0.492. The van der Waals surface area contributed by atoms with Crippen LogP contribution in [0.5, 0.6) is 0 Å². The first kappa shape index (κ1) is 13.0. The Bertz CT molecular complexity index is 542. The molecule has 4 heteroatoms. The van der Waals surface area contributed by atoms with Gasteiger partial charge in [-0.1, -0.05) is 13.8 Å². The highest BCUT2D eigenvalue weighted by Gasteiger charge is 2.12. The predicted octanol–water partition coefficient (Wildman–Crippen LogP) is 2.65. The molecule has 1 N–H and O–H groups in total. The van der Waals surface area contributed by atoms with Gasteiger partial charge in [0.15, 0.2) is 5.65 Å². The molecule has 2 rings (SSSR count). The van der Waals surface area contributed by atoms with Gasteiger partial charge in [-0.05, 0) is 33.2 Å². The zero-order valence-corrected chi connectivity index (χ0v) is 11.9. The second-order valence-electron chi connectivity index (χ2n) is 5.38. The van der Waals surface area contributed by atoms with Gasteiger partial charge in [-0.25, -0.2) is 9.50 Å². The second kappa shape index (κ2) is 5.06. The quantitative estimate of drug-likeness (QED) is 0.901. The molecule has 0 amide bonds. The first-order valence-corrected chi connectivity index (χ1v) is 6.54. The molecule has 0 aliphatic carbocycles. The van der Waals surface area contributed by atoms with Crippen LogP contribution in [-0.2, 0) is 0 Å². The van der Waals surface area contributed by atoms with Crippen molar-refractivity contribution in [2.24, 2.45) is 5.92 Å². The molecule has 1 atom stereocenters. The average molecular weight is 246 g/mol. The number of aromatic nitrogens is 3. The number of nitrogens with one attached hydrogen (secondary N) is 1. The van der Waals surface area contributed by atoms with Crippen molar-refractivity contribution in [1.29, 1.82) is 0 Å². The molecule has 0 saturated carbocycles. The molecular formula is C14H22N4. The summed E-state index contributed by atoms with van der Waals surface area (Å²) in [6.45, 7) is 11.7. The van der Waals surface area contributed by atoms with Crippen LogP contribution in [0.25, 0.3) is 5.65 Å². The van der Waals surface area contributed by atoms with E-state index in [1.165, 1.54) is 5.56 Å². The van der Waals surface area contributed by atoms with Crippen LogP contribution in [0.2, 0.25) is 0 Å². The summed E-state index contributed by atoms with van der Waals surface area (Å²) < 4.78 is 1.93. The minimum atomic E-state index is 0.300. The minimum Gasteiger partial charge on any atom is -0.310 e. The molecule has 0 fully saturated rings. The van der Waals surface area contributed by atoms with Gasteiger partial charge < -0.3 is 5.32 Å². The number of rotatable bonds is 4. The van der Waals surface area contributed by atoms with Crippen molar-refractivity contribution < 1.29 is 0 Å². The Morgan fingerprint density at radius 1 is 1.28 bits per heavy atom. The summed E-state index contributed by atoms with van der Waals surface area (Å²) in [7, 11) is 0. The molecule has 0 spiro atoms. The first-order valence-electron chi connectivity index (χ1n) is 6.54. The Morgan fingerprint density at radius 2 is 2.00 bits per heavy atom. The van der Waals surface area contributed by atoms with E-state index in [2.05, 4.69) is 43.1 Å². The summed E-state index contributed by atoms with van der Waals surface area (Å²) in [6.07, 6.45) is 1.96. The van der Waals surface area contributed by atoms with E-state index in [0.29, 0.717) is 12.0 Å². The third kappa shape index (κ3) is 2.53. The van der Waals surface area contributed by atoms with Crippen LogP contribution in [0.3, 0.4) is 0 Å². The van der Waals surface area contributed by atoms with Gasteiger partial charge >= 0.3 is 0 Å². The lowest BCUT2D eigenvalue weighted by Crippen LogP contribution is -2.24. The summed E-state index contributed by atoms with van der Waals surface area (Å²) in [5.74, 6) is 0.649. The molecular weight excluding hydrogens is 224 g/mol. The van der Waals surface area contributed by atoms with E-state index < -0.39 is 0 Å². The van der Waals surface area contributed by atoms with Crippen LogP contribution in [0.15, 0.2) is 12.3 Å². The highest BCUT2D eigenvalue weighted by Crippen LogP contribution is 2.18. The molecule has 98 valence electrons. The van der Waals surface area contributed by atoms with E-state index in [4.69, 9.17) is 0 Å². The van der Waals surface area contributed by atoms with E-state index in [9.17, 15) is 0 Å². The van der Waals surface area contributed by atoms with Gasteiger partial charge in [0.1, 0.15) is 0 Å². The van der Waals surface area contributed by atoms with Crippen molar-refractivity contribution >= 4 is 5.65 Å². The van der Waals surface area contributed by atoms with Gasteiger partial charge in [-0.15, -0.1) is 0 Å². The van der Waals surface area contributed by atoms with Crippen molar-refractivity contribution in [3.63, 3.8) is 0 Å². The summed E-state index contributed by atoms with van der Waals surface area (Å²) in [4.78, 5) is 4.47. The standard InChI is InChI=1S/C14H22N4/c1-9(2)7-15-11(4)13-8-16-14-6-10(3)17-18(14)12(13)5/h6,8-9,11,15H,7H2,1-5H3. The number of fused-ring (bicyclic) bond motifs is 1.